The molecule has 0 aliphatic rings. The fourth-order valence-corrected chi connectivity index (χ4v) is 2.05. The van der Waals surface area contributed by atoms with Crippen molar-refractivity contribution in [3.05, 3.63) is 66.2 Å². The van der Waals surface area contributed by atoms with E-state index in [1.807, 2.05) is 30.3 Å². The summed E-state index contributed by atoms with van der Waals surface area (Å²) in [5.41, 5.74) is 1.30. The Morgan fingerprint density at radius 2 is 2.00 bits per heavy atom. The lowest BCUT2D eigenvalue weighted by Gasteiger charge is -2.02. The molecular formula is C16H14N2O2. The number of fused-ring (bicyclic) bond motifs is 1. The molecule has 3 aromatic rings. The number of carbonyl (C=O) groups excluding carboxylic acids is 1. The quantitative estimate of drug-likeness (QED) is 0.790. The summed E-state index contributed by atoms with van der Waals surface area (Å²) in [7, 11) is 0. The average molecular weight is 266 g/mol. The summed E-state index contributed by atoms with van der Waals surface area (Å²) in [5.74, 6) is 0.703. The molecular weight excluding hydrogens is 252 g/mol. The summed E-state index contributed by atoms with van der Waals surface area (Å²) >= 11 is 0. The van der Waals surface area contributed by atoms with Crippen LogP contribution in [0.4, 0.5) is 0 Å². The molecule has 3 rings (SSSR count). The molecule has 0 fully saturated rings. The van der Waals surface area contributed by atoms with Crippen molar-refractivity contribution in [1.82, 2.24) is 10.3 Å². The van der Waals surface area contributed by atoms with E-state index in [4.69, 9.17) is 4.42 Å². The highest BCUT2D eigenvalue weighted by atomic mass is 16.3. The first-order valence-electron chi connectivity index (χ1n) is 6.49. The SMILES string of the molecule is O=C(NCCc1cc2ccccc2o1)c1ccccn1. The van der Waals surface area contributed by atoms with Gasteiger partial charge in [-0.05, 0) is 24.3 Å². The predicted octanol–water partition coefficient (Wildman–Crippen LogP) is 2.80. The second kappa shape index (κ2) is 5.57. The van der Waals surface area contributed by atoms with E-state index < -0.39 is 0 Å². The molecule has 0 atom stereocenters. The third-order valence-electron chi connectivity index (χ3n) is 3.03. The number of hydrogen-bond donors (Lipinski definition) is 1. The minimum Gasteiger partial charge on any atom is -0.461 e. The first-order valence-corrected chi connectivity index (χ1v) is 6.49. The minimum absolute atomic E-state index is 0.165. The van der Waals surface area contributed by atoms with Crippen LogP contribution in [-0.2, 0) is 6.42 Å². The monoisotopic (exact) mass is 266 g/mol. The highest BCUT2D eigenvalue weighted by molar-refractivity contribution is 5.92. The number of nitrogens with one attached hydrogen (secondary N) is 1. The van der Waals surface area contributed by atoms with Crippen LogP contribution in [0, 0.1) is 0 Å². The fourth-order valence-electron chi connectivity index (χ4n) is 2.05. The standard InChI is InChI=1S/C16H14N2O2/c19-16(14-6-3-4-9-17-14)18-10-8-13-11-12-5-1-2-7-15(12)20-13/h1-7,9,11H,8,10H2,(H,18,19). The number of aromatic nitrogens is 1. The Kier molecular flexibility index (Phi) is 3.46. The van der Waals surface area contributed by atoms with Crippen LogP contribution in [0.2, 0.25) is 0 Å². The van der Waals surface area contributed by atoms with Gasteiger partial charge in [0.05, 0.1) is 0 Å². The average Bonchev–Trinajstić information content (AvgIpc) is 2.90. The molecule has 0 spiro atoms. The van der Waals surface area contributed by atoms with Gasteiger partial charge in [0.1, 0.15) is 17.0 Å². The highest BCUT2D eigenvalue weighted by Gasteiger charge is 2.07. The van der Waals surface area contributed by atoms with E-state index in [0.29, 0.717) is 18.7 Å². The molecule has 0 saturated heterocycles. The maximum absolute atomic E-state index is 11.8. The van der Waals surface area contributed by atoms with Gasteiger partial charge in [0, 0.05) is 24.5 Å². The first kappa shape index (κ1) is 12.4. The van der Waals surface area contributed by atoms with E-state index in [1.165, 1.54) is 0 Å². The van der Waals surface area contributed by atoms with Crippen molar-refractivity contribution in [3.8, 4) is 0 Å². The number of rotatable bonds is 4. The van der Waals surface area contributed by atoms with Crippen molar-refractivity contribution in [1.29, 1.82) is 0 Å². The van der Waals surface area contributed by atoms with E-state index in [-0.39, 0.29) is 5.91 Å². The largest absolute Gasteiger partial charge is 0.461 e. The van der Waals surface area contributed by atoms with Crippen LogP contribution in [0.25, 0.3) is 11.0 Å². The molecule has 4 heteroatoms. The molecule has 0 unspecified atom stereocenters. The summed E-state index contributed by atoms with van der Waals surface area (Å²) in [4.78, 5) is 15.8. The van der Waals surface area contributed by atoms with Gasteiger partial charge in [-0.25, -0.2) is 0 Å². The molecule has 2 heterocycles. The van der Waals surface area contributed by atoms with Crippen LogP contribution < -0.4 is 5.32 Å². The normalized spacial score (nSPS) is 10.6. The molecule has 1 amide bonds. The molecule has 100 valence electrons. The van der Waals surface area contributed by atoms with Crippen LogP contribution >= 0.6 is 0 Å². The molecule has 20 heavy (non-hydrogen) atoms. The smallest absolute Gasteiger partial charge is 0.269 e. The minimum atomic E-state index is -0.165. The lowest BCUT2D eigenvalue weighted by Crippen LogP contribution is -2.26. The molecule has 2 aromatic heterocycles. The lowest BCUT2D eigenvalue weighted by atomic mass is 10.2. The third kappa shape index (κ3) is 2.69. The van der Waals surface area contributed by atoms with Crippen molar-refractivity contribution >= 4 is 16.9 Å². The van der Waals surface area contributed by atoms with Crippen LogP contribution in [0.1, 0.15) is 16.2 Å². The number of para-hydroxylation sites is 1. The zero-order valence-corrected chi connectivity index (χ0v) is 10.9. The second-order valence-corrected chi connectivity index (χ2v) is 4.47. The van der Waals surface area contributed by atoms with Gasteiger partial charge in [-0.3, -0.25) is 9.78 Å². The van der Waals surface area contributed by atoms with Gasteiger partial charge in [0.25, 0.3) is 5.91 Å². The summed E-state index contributed by atoms with van der Waals surface area (Å²) in [6, 6.07) is 15.1. The van der Waals surface area contributed by atoms with Gasteiger partial charge in [0.2, 0.25) is 0 Å². The zero-order chi connectivity index (χ0) is 13.8. The molecule has 0 radical (unpaired) electrons. The van der Waals surface area contributed by atoms with Crippen molar-refractivity contribution < 1.29 is 9.21 Å². The Morgan fingerprint density at radius 3 is 2.80 bits per heavy atom. The molecule has 0 bridgehead atoms. The third-order valence-corrected chi connectivity index (χ3v) is 3.03. The Labute approximate surface area is 116 Å². The molecule has 0 saturated carbocycles. The number of nitrogens with zero attached hydrogens (tertiary/aromatic N) is 1. The predicted molar refractivity (Wildman–Crippen MR) is 76.5 cm³/mol. The van der Waals surface area contributed by atoms with E-state index in [0.717, 1.165) is 16.7 Å². The number of furan rings is 1. The maximum Gasteiger partial charge on any atom is 0.269 e. The van der Waals surface area contributed by atoms with Crippen LogP contribution in [0.15, 0.2) is 59.1 Å². The number of hydrogen-bond acceptors (Lipinski definition) is 3. The van der Waals surface area contributed by atoms with Gasteiger partial charge in [-0.1, -0.05) is 24.3 Å². The first-order chi connectivity index (χ1) is 9.83. The molecule has 0 aliphatic heterocycles. The highest BCUT2D eigenvalue weighted by Crippen LogP contribution is 2.18. The topological polar surface area (TPSA) is 55.1 Å². The van der Waals surface area contributed by atoms with Crippen molar-refractivity contribution in [3.63, 3.8) is 0 Å². The Morgan fingerprint density at radius 1 is 1.15 bits per heavy atom. The van der Waals surface area contributed by atoms with Crippen LogP contribution in [-0.4, -0.2) is 17.4 Å². The van der Waals surface area contributed by atoms with E-state index >= 15 is 0 Å². The van der Waals surface area contributed by atoms with E-state index in [1.54, 1.807) is 24.4 Å². The van der Waals surface area contributed by atoms with Crippen molar-refractivity contribution in [2.24, 2.45) is 0 Å². The fraction of sp³-hybridized carbons (Fsp3) is 0.125. The number of pyridine rings is 1. The Balaban J connectivity index is 1.58. The number of amides is 1. The van der Waals surface area contributed by atoms with E-state index in [9.17, 15) is 4.79 Å². The number of benzene rings is 1. The van der Waals surface area contributed by atoms with Gasteiger partial charge in [-0.15, -0.1) is 0 Å². The van der Waals surface area contributed by atoms with Crippen molar-refractivity contribution in [2.45, 2.75) is 6.42 Å². The Bertz CT molecular complexity index is 686. The van der Waals surface area contributed by atoms with Gasteiger partial charge in [-0.2, -0.15) is 0 Å². The summed E-state index contributed by atoms with van der Waals surface area (Å²) in [6.07, 6.45) is 2.27. The summed E-state index contributed by atoms with van der Waals surface area (Å²) in [5, 5.41) is 3.91. The Hall–Kier alpha value is -2.62. The molecule has 1 N–H and O–H groups in total. The van der Waals surface area contributed by atoms with Crippen molar-refractivity contribution in [2.75, 3.05) is 6.54 Å². The number of carbonyl (C=O) groups is 1. The maximum atomic E-state index is 11.8. The molecule has 4 nitrogen and oxygen atoms in total. The van der Waals surface area contributed by atoms with Crippen LogP contribution in [0.5, 0.6) is 0 Å². The zero-order valence-electron chi connectivity index (χ0n) is 10.9. The lowest BCUT2D eigenvalue weighted by molar-refractivity contribution is 0.0949. The van der Waals surface area contributed by atoms with Gasteiger partial charge in [0.15, 0.2) is 0 Å². The van der Waals surface area contributed by atoms with E-state index in [2.05, 4.69) is 10.3 Å². The summed E-state index contributed by atoms with van der Waals surface area (Å²) < 4.78 is 5.69. The van der Waals surface area contributed by atoms with Gasteiger partial charge < -0.3 is 9.73 Å². The summed E-state index contributed by atoms with van der Waals surface area (Å²) in [6.45, 7) is 0.523. The van der Waals surface area contributed by atoms with Crippen LogP contribution in [0.3, 0.4) is 0 Å². The molecule has 1 aromatic carbocycles. The molecule has 0 aliphatic carbocycles. The second-order valence-electron chi connectivity index (χ2n) is 4.47. The van der Waals surface area contributed by atoms with Gasteiger partial charge >= 0.3 is 0 Å².